The van der Waals surface area contributed by atoms with Crippen LogP contribution in [0.2, 0.25) is 5.02 Å². The predicted octanol–water partition coefficient (Wildman–Crippen LogP) is 3.06. The Hall–Kier alpha value is -0.770. The highest BCUT2D eigenvalue weighted by molar-refractivity contribution is 6.31. The fourth-order valence-corrected chi connectivity index (χ4v) is 2.73. The molecule has 1 aromatic rings. The molecule has 2 rings (SSSR count). The molecule has 0 aliphatic carbocycles. The van der Waals surface area contributed by atoms with Crippen LogP contribution in [-0.2, 0) is 11.3 Å². The number of hydrogen-bond donors (Lipinski definition) is 1. The van der Waals surface area contributed by atoms with Gasteiger partial charge < -0.3 is 15.0 Å². The van der Waals surface area contributed by atoms with Gasteiger partial charge in [-0.05, 0) is 32.5 Å². The molecule has 1 fully saturated rings. The highest BCUT2D eigenvalue weighted by Gasteiger charge is 2.28. The lowest BCUT2D eigenvalue weighted by atomic mass is 10.0. The van der Waals surface area contributed by atoms with Crippen LogP contribution in [0, 0.1) is 0 Å². The van der Waals surface area contributed by atoms with Gasteiger partial charge in [0.2, 0.25) is 0 Å². The second kappa shape index (κ2) is 6.12. The van der Waals surface area contributed by atoms with Gasteiger partial charge in [-0.15, -0.1) is 0 Å². The van der Waals surface area contributed by atoms with Crippen molar-refractivity contribution in [3.05, 3.63) is 28.8 Å². The summed E-state index contributed by atoms with van der Waals surface area (Å²) in [6.45, 7) is 10.7. The largest absolute Gasteiger partial charge is 0.372 e. The molecule has 0 unspecified atom stereocenters. The van der Waals surface area contributed by atoms with E-state index in [1.54, 1.807) is 0 Å². The summed E-state index contributed by atoms with van der Waals surface area (Å²) in [5, 5.41) is 4.20. The summed E-state index contributed by atoms with van der Waals surface area (Å²) in [6, 6.07) is 6.14. The average molecular weight is 283 g/mol. The smallest absolute Gasteiger partial charge is 0.0801 e. The van der Waals surface area contributed by atoms with Gasteiger partial charge in [-0.2, -0.15) is 0 Å². The second-order valence-electron chi connectivity index (χ2n) is 5.55. The molecular weight excluding hydrogens is 260 g/mol. The van der Waals surface area contributed by atoms with Gasteiger partial charge in [0.1, 0.15) is 0 Å². The first-order valence-electron chi connectivity index (χ1n) is 6.90. The van der Waals surface area contributed by atoms with E-state index in [0.29, 0.717) is 0 Å². The van der Waals surface area contributed by atoms with E-state index >= 15 is 0 Å². The average Bonchev–Trinajstić information content (AvgIpc) is 2.36. The molecule has 0 aromatic heterocycles. The molecule has 106 valence electrons. The third-order valence-electron chi connectivity index (χ3n) is 3.41. The molecule has 1 N–H and O–H groups in total. The Morgan fingerprint density at radius 1 is 1.42 bits per heavy atom. The van der Waals surface area contributed by atoms with Crippen LogP contribution in [0.5, 0.6) is 0 Å². The first kappa shape index (κ1) is 14.6. The SMILES string of the molecule is CCNCc1c(Cl)cccc1N1CCOC(C)(C)C1. The van der Waals surface area contributed by atoms with Crippen LogP contribution >= 0.6 is 11.6 Å². The number of morpholine rings is 1. The summed E-state index contributed by atoms with van der Waals surface area (Å²) in [6.07, 6.45) is 0. The molecule has 19 heavy (non-hydrogen) atoms. The van der Waals surface area contributed by atoms with Crippen molar-refractivity contribution < 1.29 is 4.74 Å². The molecule has 1 saturated heterocycles. The molecule has 1 aromatic carbocycles. The molecule has 0 saturated carbocycles. The predicted molar refractivity (Wildman–Crippen MR) is 81.1 cm³/mol. The van der Waals surface area contributed by atoms with Crippen molar-refractivity contribution in [1.82, 2.24) is 5.32 Å². The number of nitrogens with one attached hydrogen (secondary N) is 1. The number of anilines is 1. The van der Waals surface area contributed by atoms with Crippen LogP contribution in [-0.4, -0.2) is 31.8 Å². The molecule has 1 heterocycles. The Labute approximate surface area is 120 Å². The quantitative estimate of drug-likeness (QED) is 0.919. The number of ether oxygens (including phenoxy) is 1. The Bertz CT molecular complexity index is 434. The third-order valence-corrected chi connectivity index (χ3v) is 3.77. The molecule has 0 radical (unpaired) electrons. The van der Waals surface area contributed by atoms with Crippen LogP contribution in [0.3, 0.4) is 0 Å². The summed E-state index contributed by atoms with van der Waals surface area (Å²) in [5.41, 5.74) is 2.31. The molecule has 0 spiro atoms. The molecule has 0 atom stereocenters. The van der Waals surface area contributed by atoms with Crippen molar-refractivity contribution in [3.63, 3.8) is 0 Å². The second-order valence-corrected chi connectivity index (χ2v) is 5.95. The maximum Gasteiger partial charge on any atom is 0.0801 e. The first-order chi connectivity index (χ1) is 9.03. The number of rotatable bonds is 4. The summed E-state index contributed by atoms with van der Waals surface area (Å²) in [4.78, 5) is 2.38. The molecule has 0 bridgehead atoms. The summed E-state index contributed by atoms with van der Waals surface area (Å²) in [7, 11) is 0. The monoisotopic (exact) mass is 282 g/mol. The van der Waals surface area contributed by atoms with E-state index in [0.717, 1.165) is 37.8 Å². The highest BCUT2D eigenvalue weighted by atomic mass is 35.5. The topological polar surface area (TPSA) is 24.5 Å². The summed E-state index contributed by atoms with van der Waals surface area (Å²) in [5.74, 6) is 0. The van der Waals surface area contributed by atoms with E-state index in [4.69, 9.17) is 16.3 Å². The Balaban J connectivity index is 2.25. The lowest BCUT2D eigenvalue weighted by molar-refractivity contribution is -0.0277. The summed E-state index contributed by atoms with van der Waals surface area (Å²) < 4.78 is 5.78. The van der Waals surface area contributed by atoms with E-state index in [2.05, 4.69) is 37.1 Å². The Morgan fingerprint density at radius 3 is 2.89 bits per heavy atom. The standard InChI is InChI=1S/C15H23ClN2O/c1-4-17-10-12-13(16)6-5-7-14(12)18-8-9-19-15(2,3)11-18/h5-7,17H,4,8-11H2,1-3H3. The molecule has 3 nitrogen and oxygen atoms in total. The normalized spacial score (nSPS) is 18.6. The Kier molecular flexibility index (Phi) is 4.71. The van der Waals surface area contributed by atoms with Gasteiger partial charge in [0, 0.05) is 35.9 Å². The number of halogens is 1. The molecule has 0 amide bonds. The van der Waals surface area contributed by atoms with Crippen molar-refractivity contribution in [1.29, 1.82) is 0 Å². The van der Waals surface area contributed by atoms with Crippen LogP contribution in [0.1, 0.15) is 26.3 Å². The van der Waals surface area contributed by atoms with Gasteiger partial charge in [0.15, 0.2) is 0 Å². The minimum Gasteiger partial charge on any atom is -0.372 e. The zero-order chi connectivity index (χ0) is 13.9. The molecule has 4 heteroatoms. The minimum absolute atomic E-state index is 0.101. The van der Waals surface area contributed by atoms with Gasteiger partial charge in [-0.3, -0.25) is 0 Å². The van der Waals surface area contributed by atoms with Gasteiger partial charge >= 0.3 is 0 Å². The molecule has 1 aliphatic heterocycles. The first-order valence-corrected chi connectivity index (χ1v) is 7.28. The van der Waals surface area contributed by atoms with Gasteiger partial charge in [-0.1, -0.05) is 24.6 Å². The van der Waals surface area contributed by atoms with Gasteiger partial charge in [0.05, 0.1) is 12.2 Å². The van der Waals surface area contributed by atoms with E-state index in [1.807, 2.05) is 12.1 Å². The number of benzene rings is 1. The fourth-order valence-electron chi connectivity index (χ4n) is 2.49. The number of nitrogens with zero attached hydrogens (tertiary/aromatic N) is 1. The van der Waals surface area contributed by atoms with Gasteiger partial charge in [0.25, 0.3) is 0 Å². The van der Waals surface area contributed by atoms with E-state index in [9.17, 15) is 0 Å². The van der Waals surface area contributed by atoms with Crippen LogP contribution in [0.15, 0.2) is 18.2 Å². The lowest BCUT2D eigenvalue weighted by Gasteiger charge is -2.40. The van der Waals surface area contributed by atoms with Crippen molar-refractivity contribution >= 4 is 17.3 Å². The van der Waals surface area contributed by atoms with Crippen molar-refractivity contribution in [2.45, 2.75) is 32.9 Å². The third kappa shape index (κ3) is 3.62. The Morgan fingerprint density at radius 2 is 2.21 bits per heavy atom. The number of hydrogen-bond acceptors (Lipinski definition) is 3. The van der Waals surface area contributed by atoms with Crippen molar-refractivity contribution in [2.24, 2.45) is 0 Å². The zero-order valence-corrected chi connectivity index (χ0v) is 12.8. The van der Waals surface area contributed by atoms with Crippen LogP contribution in [0.4, 0.5) is 5.69 Å². The molecular formula is C15H23ClN2O. The van der Waals surface area contributed by atoms with Crippen molar-refractivity contribution in [3.8, 4) is 0 Å². The van der Waals surface area contributed by atoms with E-state index in [-0.39, 0.29) is 5.60 Å². The maximum absolute atomic E-state index is 6.36. The molecule has 1 aliphatic rings. The fraction of sp³-hybridized carbons (Fsp3) is 0.600. The summed E-state index contributed by atoms with van der Waals surface area (Å²) >= 11 is 6.36. The van der Waals surface area contributed by atoms with Crippen LogP contribution < -0.4 is 10.2 Å². The van der Waals surface area contributed by atoms with Gasteiger partial charge in [-0.25, -0.2) is 0 Å². The van der Waals surface area contributed by atoms with E-state index < -0.39 is 0 Å². The van der Waals surface area contributed by atoms with E-state index in [1.165, 1.54) is 11.3 Å². The van der Waals surface area contributed by atoms with Crippen molar-refractivity contribution in [2.75, 3.05) is 31.1 Å². The lowest BCUT2D eigenvalue weighted by Crippen LogP contribution is -2.48. The van der Waals surface area contributed by atoms with Crippen LogP contribution in [0.25, 0.3) is 0 Å². The maximum atomic E-state index is 6.36. The minimum atomic E-state index is -0.101. The zero-order valence-electron chi connectivity index (χ0n) is 12.0. The highest BCUT2D eigenvalue weighted by Crippen LogP contribution is 2.30.